The Morgan fingerprint density at radius 2 is 2.04 bits per heavy atom. The van der Waals surface area contributed by atoms with E-state index in [2.05, 4.69) is 32.4 Å². The summed E-state index contributed by atoms with van der Waals surface area (Å²) in [6, 6.07) is 10.5. The second-order valence-electron chi connectivity index (χ2n) is 6.08. The monoisotopic (exact) mass is 328 g/mol. The number of aromatic nitrogens is 3. The summed E-state index contributed by atoms with van der Waals surface area (Å²) in [6.07, 6.45) is 5.14. The number of urea groups is 1. The molecule has 0 unspecified atom stereocenters. The van der Waals surface area contributed by atoms with Gasteiger partial charge in [-0.1, -0.05) is 18.2 Å². The maximum Gasteiger partial charge on any atom is 0.317 e. The minimum absolute atomic E-state index is 0.0218. The third-order valence-electron chi connectivity index (χ3n) is 4.48. The Kier molecular flexibility index (Phi) is 5.30. The summed E-state index contributed by atoms with van der Waals surface area (Å²) in [5.41, 5.74) is 1.15. The van der Waals surface area contributed by atoms with Crippen LogP contribution in [0.25, 0.3) is 0 Å². The zero-order valence-electron chi connectivity index (χ0n) is 14.0. The Morgan fingerprint density at radius 1 is 1.29 bits per heavy atom. The molecule has 1 fully saturated rings. The number of anilines is 1. The molecule has 0 aliphatic carbocycles. The fourth-order valence-corrected chi connectivity index (χ4v) is 2.99. The maximum atomic E-state index is 12.3. The molecule has 1 N–H and O–H groups in total. The predicted octanol–water partition coefficient (Wildman–Crippen LogP) is 1.76. The Bertz CT molecular complexity index is 622. The fraction of sp³-hybridized carbons (Fsp3) is 0.471. The van der Waals surface area contributed by atoms with Crippen LogP contribution in [0.3, 0.4) is 0 Å². The molecule has 0 spiro atoms. The summed E-state index contributed by atoms with van der Waals surface area (Å²) >= 11 is 0. The lowest BCUT2D eigenvalue weighted by Crippen LogP contribution is -2.46. The van der Waals surface area contributed by atoms with Crippen molar-refractivity contribution in [2.75, 3.05) is 38.1 Å². The number of nitrogens with one attached hydrogen (secondary N) is 1. The molecule has 7 nitrogen and oxygen atoms in total. The summed E-state index contributed by atoms with van der Waals surface area (Å²) in [7, 11) is 2.03. The average Bonchev–Trinajstić information content (AvgIpc) is 3.17. The first-order valence-corrected chi connectivity index (χ1v) is 8.37. The molecular formula is C17H24N6O. The molecule has 0 saturated carbocycles. The molecule has 2 amide bonds. The SMILES string of the molecule is CN(CCNC(=O)N1CCC(n2cncn2)CC1)c1ccccc1. The van der Waals surface area contributed by atoms with E-state index in [-0.39, 0.29) is 6.03 Å². The van der Waals surface area contributed by atoms with Gasteiger partial charge in [0.15, 0.2) is 0 Å². The van der Waals surface area contributed by atoms with Gasteiger partial charge in [0, 0.05) is 38.9 Å². The van der Waals surface area contributed by atoms with Crippen molar-refractivity contribution < 1.29 is 4.79 Å². The molecule has 0 bridgehead atoms. The number of hydrogen-bond donors (Lipinski definition) is 1. The van der Waals surface area contributed by atoms with Crippen LogP contribution in [0.4, 0.5) is 10.5 Å². The lowest BCUT2D eigenvalue weighted by Gasteiger charge is -2.32. The van der Waals surface area contributed by atoms with E-state index in [1.54, 1.807) is 12.7 Å². The fourth-order valence-electron chi connectivity index (χ4n) is 2.99. The quantitative estimate of drug-likeness (QED) is 0.908. The number of likely N-dealkylation sites (N-methyl/N-ethyl adjacent to an activating group) is 1. The molecule has 2 aromatic rings. The Labute approximate surface area is 142 Å². The van der Waals surface area contributed by atoms with E-state index in [0.29, 0.717) is 12.6 Å². The largest absolute Gasteiger partial charge is 0.373 e. The van der Waals surface area contributed by atoms with Crippen molar-refractivity contribution in [1.82, 2.24) is 25.0 Å². The van der Waals surface area contributed by atoms with Gasteiger partial charge in [0.25, 0.3) is 0 Å². The topological polar surface area (TPSA) is 66.3 Å². The first-order valence-electron chi connectivity index (χ1n) is 8.37. The third-order valence-corrected chi connectivity index (χ3v) is 4.48. The molecule has 1 aliphatic heterocycles. The number of rotatable bonds is 5. The highest BCUT2D eigenvalue weighted by molar-refractivity contribution is 5.74. The van der Waals surface area contributed by atoms with Gasteiger partial charge < -0.3 is 15.1 Å². The van der Waals surface area contributed by atoms with Crippen molar-refractivity contribution in [1.29, 1.82) is 0 Å². The molecular weight excluding hydrogens is 304 g/mol. The van der Waals surface area contributed by atoms with E-state index >= 15 is 0 Å². The molecule has 0 radical (unpaired) electrons. The van der Waals surface area contributed by atoms with Crippen molar-refractivity contribution in [3.63, 3.8) is 0 Å². The molecule has 24 heavy (non-hydrogen) atoms. The highest BCUT2D eigenvalue weighted by Gasteiger charge is 2.23. The number of carbonyl (C=O) groups is 1. The molecule has 128 valence electrons. The second kappa shape index (κ2) is 7.81. The summed E-state index contributed by atoms with van der Waals surface area (Å²) in [5.74, 6) is 0. The molecule has 2 heterocycles. The van der Waals surface area contributed by atoms with E-state index in [0.717, 1.165) is 38.2 Å². The van der Waals surface area contributed by atoms with Crippen molar-refractivity contribution in [2.45, 2.75) is 18.9 Å². The van der Waals surface area contributed by atoms with Crippen LogP contribution < -0.4 is 10.2 Å². The molecule has 1 aromatic heterocycles. The second-order valence-corrected chi connectivity index (χ2v) is 6.08. The maximum absolute atomic E-state index is 12.3. The number of benzene rings is 1. The van der Waals surface area contributed by atoms with Gasteiger partial charge in [-0.2, -0.15) is 5.10 Å². The van der Waals surface area contributed by atoms with Crippen molar-refractivity contribution >= 4 is 11.7 Å². The molecule has 1 aromatic carbocycles. The summed E-state index contributed by atoms with van der Waals surface area (Å²) < 4.78 is 1.89. The number of carbonyl (C=O) groups excluding carboxylic acids is 1. The zero-order valence-corrected chi connectivity index (χ0v) is 14.0. The smallest absolute Gasteiger partial charge is 0.317 e. The number of para-hydroxylation sites is 1. The van der Waals surface area contributed by atoms with Crippen LogP contribution in [0.5, 0.6) is 0 Å². The van der Waals surface area contributed by atoms with Crippen LogP contribution >= 0.6 is 0 Å². The molecule has 7 heteroatoms. The van der Waals surface area contributed by atoms with Crippen molar-refractivity contribution in [2.24, 2.45) is 0 Å². The molecule has 0 atom stereocenters. The van der Waals surface area contributed by atoms with Crippen LogP contribution in [0.15, 0.2) is 43.0 Å². The van der Waals surface area contributed by atoms with Crippen LogP contribution in [-0.2, 0) is 0 Å². The highest BCUT2D eigenvalue weighted by Crippen LogP contribution is 2.20. The third kappa shape index (κ3) is 4.04. The normalized spacial score (nSPS) is 15.3. The van der Waals surface area contributed by atoms with E-state index < -0.39 is 0 Å². The summed E-state index contributed by atoms with van der Waals surface area (Å²) in [6.45, 7) is 2.92. The van der Waals surface area contributed by atoms with Crippen molar-refractivity contribution in [3.05, 3.63) is 43.0 Å². The minimum atomic E-state index is 0.0218. The molecule has 1 saturated heterocycles. The Balaban J connectivity index is 1.38. The first kappa shape index (κ1) is 16.3. The van der Waals surface area contributed by atoms with Gasteiger partial charge in [-0.25, -0.2) is 14.5 Å². The van der Waals surface area contributed by atoms with Gasteiger partial charge in [0.1, 0.15) is 12.7 Å². The number of hydrogen-bond acceptors (Lipinski definition) is 4. The molecule has 3 rings (SSSR count). The minimum Gasteiger partial charge on any atom is -0.373 e. The van der Waals surface area contributed by atoms with E-state index in [1.807, 2.05) is 34.8 Å². The van der Waals surface area contributed by atoms with E-state index in [1.165, 1.54) is 0 Å². The predicted molar refractivity (Wildman–Crippen MR) is 93.0 cm³/mol. The van der Waals surface area contributed by atoms with Crippen LogP contribution in [0.2, 0.25) is 0 Å². The number of amides is 2. The van der Waals surface area contributed by atoms with Crippen LogP contribution in [0.1, 0.15) is 18.9 Å². The summed E-state index contributed by atoms with van der Waals surface area (Å²) in [5, 5.41) is 7.20. The lowest BCUT2D eigenvalue weighted by atomic mass is 10.1. The van der Waals surface area contributed by atoms with E-state index in [4.69, 9.17) is 0 Å². The number of likely N-dealkylation sites (tertiary alicyclic amines) is 1. The van der Waals surface area contributed by atoms with Crippen molar-refractivity contribution in [3.8, 4) is 0 Å². The highest BCUT2D eigenvalue weighted by atomic mass is 16.2. The standard InChI is InChI=1S/C17H24N6O/c1-21(15-5-3-2-4-6-15)12-9-19-17(24)22-10-7-16(8-11-22)23-14-18-13-20-23/h2-6,13-14,16H,7-12H2,1H3,(H,19,24). The van der Waals surface area contributed by atoms with Crippen LogP contribution in [-0.4, -0.2) is 58.9 Å². The van der Waals surface area contributed by atoms with E-state index in [9.17, 15) is 4.79 Å². The van der Waals surface area contributed by atoms with Gasteiger partial charge in [-0.05, 0) is 25.0 Å². The van der Waals surface area contributed by atoms with Crippen LogP contribution in [0, 0.1) is 0 Å². The van der Waals surface area contributed by atoms with Gasteiger partial charge in [0.2, 0.25) is 0 Å². The lowest BCUT2D eigenvalue weighted by molar-refractivity contribution is 0.169. The Morgan fingerprint density at radius 3 is 2.71 bits per heavy atom. The van der Waals surface area contributed by atoms with Gasteiger partial charge in [0.05, 0.1) is 6.04 Å². The Hall–Kier alpha value is -2.57. The molecule has 1 aliphatic rings. The number of nitrogens with zero attached hydrogens (tertiary/aromatic N) is 5. The number of piperidine rings is 1. The average molecular weight is 328 g/mol. The van der Waals surface area contributed by atoms with Gasteiger partial charge >= 0.3 is 6.03 Å². The zero-order chi connectivity index (χ0) is 16.8. The van der Waals surface area contributed by atoms with Gasteiger partial charge in [-0.15, -0.1) is 0 Å². The first-order chi connectivity index (χ1) is 11.7. The summed E-state index contributed by atoms with van der Waals surface area (Å²) in [4.78, 5) is 20.3. The van der Waals surface area contributed by atoms with Gasteiger partial charge in [-0.3, -0.25) is 0 Å².